The Balaban J connectivity index is 2.26. The Bertz CT molecular complexity index is 572. The fraction of sp³-hybridized carbons (Fsp3) is 0.200. The van der Waals surface area contributed by atoms with E-state index in [4.69, 9.17) is 5.73 Å². The summed E-state index contributed by atoms with van der Waals surface area (Å²) in [6, 6.07) is 12.4. The molecule has 0 radical (unpaired) electrons. The normalized spacial score (nSPS) is 10.5. The molecule has 0 amide bonds. The minimum atomic E-state index is -0.220. The second kappa shape index (κ2) is 6.06. The third-order valence-electron chi connectivity index (χ3n) is 3.02. The van der Waals surface area contributed by atoms with Gasteiger partial charge in [0.2, 0.25) is 0 Å². The maximum atomic E-state index is 13.3. The third kappa shape index (κ3) is 3.26. The van der Waals surface area contributed by atoms with Crippen LogP contribution in [-0.4, -0.2) is 6.54 Å². The zero-order valence-corrected chi connectivity index (χ0v) is 12.3. The molecule has 2 nitrogen and oxygen atoms in total. The predicted molar refractivity (Wildman–Crippen MR) is 81.7 cm³/mol. The van der Waals surface area contributed by atoms with Crippen molar-refractivity contribution in [3.8, 4) is 0 Å². The van der Waals surface area contributed by atoms with Gasteiger partial charge in [0.1, 0.15) is 5.82 Å². The van der Waals surface area contributed by atoms with Crippen molar-refractivity contribution in [2.75, 3.05) is 17.2 Å². The number of halogens is 2. The van der Waals surface area contributed by atoms with Gasteiger partial charge in [0, 0.05) is 28.9 Å². The minimum Gasteiger partial charge on any atom is -0.398 e. The van der Waals surface area contributed by atoms with E-state index < -0.39 is 0 Å². The molecule has 0 unspecified atom stereocenters. The molecule has 0 heterocycles. The van der Waals surface area contributed by atoms with Gasteiger partial charge in [-0.2, -0.15) is 0 Å². The second-order valence-electron chi connectivity index (χ2n) is 4.31. The molecule has 0 atom stereocenters. The van der Waals surface area contributed by atoms with E-state index in [1.807, 2.05) is 31.2 Å². The number of benzene rings is 2. The van der Waals surface area contributed by atoms with Crippen molar-refractivity contribution in [3.63, 3.8) is 0 Å². The topological polar surface area (TPSA) is 29.3 Å². The first kappa shape index (κ1) is 13.9. The van der Waals surface area contributed by atoms with Crippen LogP contribution in [0.3, 0.4) is 0 Å². The number of anilines is 2. The summed E-state index contributed by atoms with van der Waals surface area (Å²) in [7, 11) is 0. The molecule has 0 saturated heterocycles. The fourth-order valence-electron chi connectivity index (χ4n) is 1.99. The number of hydrogen-bond donors (Lipinski definition) is 1. The van der Waals surface area contributed by atoms with E-state index in [9.17, 15) is 4.39 Å². The summed E-state index contributed by atoms with van der Waals surface area (Å²) in [5, 5.41) is 0. The summed E-state index contributed by atoms with van der Waals surface area (Å²) in [5.41, 5.74) is 8.55. The van der Waals surface area contributed by atoms with Crippen molar-refractivity contribution >= 4 is 27.3 Å². The highest BCUT2D eigenvalue weighted by Crippen LogP contribution is 2.26. The summed E-state index contributed by atoms with van der Waals surface area (Å²) < 4.78 is 14.2. The molecular weight excluding hydrogens is 307 g/mol. The lowest BCUT2D eigenvalue weighted by Crippen LogP contribution is -2.22. The van der Waals surface area contributed by atoms with Crippen molar-refractivity contribution in [1.82, 2.24) is 0 Å². The average molecular weight is 323 g/mol. The van der Waals surface area contributed by atoms with Gasteiger partial charge in [0.05, 0.1) is 0 Å². The van der Waals surface area contributed by atoms with Crippen LogP contribution in [0.15, 0.2) is 46.9 Å². The summed E-state index contributed by atoms with van der Waals surface area (Å²) >= 11 is 3.50. The smallest absolute Gasteiger partial charge is 0.125 e. The summed E-state index contributed by atoms with van der Waals surface area (Å²) in [6.45, 7) is 3.53. The van der Waals surface area contributed by atoms with Crippen molar-refractivity contribution in [2.45, 2.75) is 13.5 Å². The minimum absolute atomic E-state index is 0.220. The van der Waals surface area contributed by atoms with Crippen LogP contribution < -0.4 is 10.6 Å². The summed E-state index contributed by atoms with van der Waals surface area (Å²) in [5.74, 6) is -0.220. The number of nitrogens with zero attached hydrogens (tertiary/aromatic N) is 1. The predicted octanol–water partition coefficient (Wildman–Crippen LogP) is 4.20. The Hall–Kier alpha value is -1.55. The Kier molecular flexibility index (Phi) is 4.43. The molecule has 4 heteroatoms. The standard InChI is InChI=1S/C15H16BrFN2/c1-2-19(13-7-4-6-12(17)9-13)10-11-5-3-8-14(18)15(11)16/h3-9H,2,10,18H2,1H3. The molecule has 2 aromatic rings. The number of nitrogens with two attached hydrogens (primary N) is 1. The molecule has 0 aliphatic heterocycles. The van der Waals surface area contributed by atoms with Gasteiger partial charge < -0.3 is 10.6 Å². The molecule has 19 heavy (non-hydrogen) atoms. The molecule has 2 N–H and O–H groups in total. The Morgan fingerprint density at radius 2 is 1.95 bits per heavy atom. The van der Waals surface area contributed by atoms with Crippen LogP contribution >= 0.6 is 15.9 Å². The zero-order valence-electron chi connectivity index (χ0n) is 10.7. The highest BCUT2D eigenvalue weighted by atomic mass is 79.9. The molecule has 2 aromatic carbocycles. The molecule has 0 aliphatic rings. The van der Waals surface area contributed by atoms with Crippen molar-refractivity contribution in [1.29, 1.82) is 0 Å². The van der Waals surface area contributed by atoms with Gasteiger partial charge in [0.15, 0.2) is 0 Å². The molecular formula is C15H16BrFN2. The third-order valence-corrected chi connectivity index (χ3v) is 3.99. The Morgan fingerprint density at radius 3 is 2.63 bits per heavy atom. The quantitative estimate of drug-likeness (QED) is 0.855. The van der Waals surface area contributed by atoms with Crippen molar-refractivity contribution < 1.29 is 4.39 Å². The molecule has 0 bridgehead atoms. The van der Waals surface area contributed by atoms with E-state index in [0.29, 0.717) is 12.2 Å². The lowest BCUT2D eigenvalue weighted by Gasteiger charge is -2.24. The van der Waals surface area contributed by atoms with Gasteiger partial charge in [-0.05, 0) is 52.7 Å². The van der Waals surface area contributed by atoms with Gasteiger partial charge in [-0.25, -0.2) is 4.39 Å². The van der Waals surface area contributed by atoms with Gasteiger partial charge >= 0.3 is 0 Å². The second-order valence-corrected chi connectivity index (χ2v) is 5.11. The largest absolute Gasteiger partial charge is 0.398 e. The summed E-state index contributed by atoms with van der Waals surface area (Å²) in [6.07, 6.45) is 0. The van der Waals surface area contributed by atoms with Crippen molar-refractivity contribution in [3.05, 3.63) is 58.3 Å². The molecule has 0 spiro atoms. The SMILES string of the molecule is CCN(Cc1cccc(N)c1Br)c1cccc(F)c1. The molecule has 0 fully saturated rings. The molecule has 0 saturated carbocycles. The van der Waals surface area contributed by atoms with Gasteiger partial charge in [-0.1, -0.05) is 18.2 Å². The van der Waals surface area contributed by atoms with Crippen LogP contribution in [0, 0.1) is 5.82 Å². The molecule has 100 valence electrons. The Morgan fingerprint density at radius 1 is 1.21 bits per heavy atom. The van der Waals surface area contributed by atoms with E-state index in [1.54, 1.807) is 12.1 Å². The lowest BCUT2D eigenvalue weighted by atomic mass is 10.1. The fourth-order valence-corrected chi connectivity index (χ4v) is 2.38. The highest BCUT2D eigenvalue weighted by Gasteiger charge is 2.09. The molecule has 0 aliphatic carbocycles. The van der Waals surface area contributed by atoms with Crippen LogP contribution in [-0.2, 0) is 6.54 Å². The van der Waals surface area contributed by atoms with Gasteiger partial charge in [-0.15, -0.1) is 0 Å². The van der Waals surface area contributed by atoms with E-state index in [1.165, 1.54) is 6.07 Å². The van der Waals surface area contributed by atoms with Crippen LogP contribution in [0.4, 0.5) is 15.8 Å². The Labute approximate surface area is 121 Å². The molecule has 0 aromatic heterocycles. The molecule has 2 rings (SSSR count). The van der Waals surface area contributed by atoms with E-state index in [2.05, 4.69) is 20.8 Å². The monoisotopic (exact) mass is 322 g/mol. The maximum absolute atomic E-state index is 13.3. The van der Waals surface area contributed by atoms with Crippen LogP contribution in [0.5, 0.6) is 0 Å². The highest BCUT2D eigenvalue weighted by molar-refractivity contribution is 9.10. The maximum Gasteiger partial charge on any atom is 0.125 e. The van der Waals surface area contributed by atoms with Crippen LogP contribution in [0.2, 0.25) is 0 Å². The first-order chi connectivity index (χ1) is 9.11. The van der Waals surface area contributed by atoms with Gasteiger partial charge in [-0.3, -0.25) is 0 Å². The van der Waals surface area contributed by atoms with Crippen LogP contribution in [0.1, 0.15) is 12.5 Å². The number of rotatable bonds is 4. The average Bonchev–Trinajstić information content (AvgIpc) is 2.40. The first-order valence-electron chi connectivity index (χ1n) is 6.15. The summed E-state index contributed by atoms with van der Waals surface area (Å²) in [4.78, 5) is 2.10. The lowest BCUT2D eigenvalue weighted by molar-refractivity contribution is 0.626. The number of nitrogen functional groups attached to an aromatic ring is 1. The zero-order chi connectivity index (χ0) is 13.8. The van der Waals surface area contributed by atoms with E-state index >= 15 is 0 Å². The first-order valence-corrected chi connectivity index (χ1v) is 6.94. The van der Waals surface area contributed by atoms with E-state index in [0.717, 1.165) is 22.3 Å². The van der Waals surface area contributed by atoms with E-state index in [-0.39, 0.29) is 5.82 Å². The van der Waals surface area contributed by atoms with Gasteiger partial charge in [0.25, 0.3) is 0 Å². The van der Waals surface area contributed by atoms with Crippen molar-refractivity contribution in [2.24, 2.45) is 0 Å². The number of hydrogen-bond acceptors (Lipinski definition) is 2. The van der Waals surface area contributed by atoms with Crippen LogP contribution in [0.25, 0.3) is 0 Å².